The van der Waals surface area contributed by atoms with Crippen molar-refractivity contribution in [2.75, 3.05) is 10.6 Å². The molecule has 0 aliphatic rings. The molecule has 8 nitrogen and oxygen atoms in total. The number of hydrogen-bond donors (Lipinski definition) is 2. The summed E-state index contributed by atoms with van der Waals surface area (Å²) in [6.45, 7) is 10.9. The van der Waals surface area contributed by atoms with Crippen LogP contribution in [-0.2, 0) is 20.0 Å². The van der Waals surface area contributed by atoms with Crippen LogP contribution in [0.5, 0.6) is 0 Å². The monoisotopic (exact) mass is 538 g/mol. The van der Waals surface area contributed by atoms with Gasteiger partial charge in [0.25, 0.3) is 11.5 Å². The number of benzene rings is 1. The minimum atomic E-state index is -0.282. The van der Waals surface area contributed by atoms with Gasteiger partial charge in [0.15, 0.2) is 5.82 Å². The molecule has 0 fully saturated rings. The van der Waals surface area contributed by atoms with Crippen molar-refractivity contribution in [2.24, 2.45) is 7.05 Å². The summed E-state index contributed by atoms with van der Waals surface area (Å²) in [6.07, 6.45) is 5.96. The van der Waals surface area contributed by atoms with Gasteiger partial charge in [0.1, 0.15) is 0 Å². The topological polar surface area (TPSA) is 93.8 Å². The summed E-state index contributed by atoms with van der Waals surface area (Å²) in [7, 11) is 1.66. The molecule has 37 heavy (non-hydrogen) atoms. The second kappa shape index (κ2) is 10.9. The number of amides is 1. The number of aryl methyl sites for hydroxylation is 4. The van der Waals surface area contributed by atoms with E-state index in [4.69, 9.17) is 11.6 Å². The zero-order chi connectivity index (χ0) is 26.9. The highest BCUT2D eigenvalue weighted by Gasteiger charge is 2.20. The third-order valence-electron chi connectivity index (χ3n) is 6.16. The van der Waals surface area contributed by atoms with Crippen LogP contribution in [0.3, 0.4) is 0 Å². The number of halogens is 1. The van der Waals surface area contributed by atoms with Gasteiger partial charge in [-0.1, -0.05) is 44.5 Å². The molecule has 1 aromatic carbocycles. The van der Waals surface area contributed by atoms with E-state index < -0.39 is 0 Å². The molecule has 0 radical (unpaired) electrons. The van der Waals surface area contributed by atoms with Gasteiger partial charge in [-0.3, -0.25) is 14.3 Å². The Balaban J connectivity index is 1.69. The molecule has 0 spiro atoms. The van der Waals surface area contributed by atoms with Crippen LogP contribution in [0.1, 0.15) is 59.3 Å². The second-order valence-corrected chi connectivity index (χ2v) is 10.7. The Morgan fingerprint density at radius 2 is 1.97 bits per heavy atom. The van der Waals surface area contributed by atoms with Crippen LogP contribution in [0.25, 0.3) is 11.3 Å². The number of aromatic nitrogens is 4. The number of anilines is 3. The molecule has 4 rings (SSSR count). The average molecular weight is 539 g/mol. The van der Waals surface area contributed by atoms with Gasteiger partial charge in [-0.15, -0.1) is 11.3 Å². The maximum atomic E-state index is 13.2. The fourth-order valence-electron chi connectivity index (χ4n) is 4.07. The maximum absolute atomic E-state index is 13.2. The van der Waals surface area contributed by atoms with E-state index in [1.54, 1.807) is 30.3 Å². The zero-order valence-electron chi connectivity index (χ0n) is 21.8. The van der Waals surface area contributed by atoms with E-state index in [1.165, 1.54) is 26.3 Å². The van der Waals surface area contributed by atoms with Crippen molar-refractivity contribution in [1.82, 2.24) is 19.3 Å². The van der Waals surface area contributed by atoms with E-state index in [2.05, 4.69) is 41.5 Å². The summed E-state index contributed by atoms with van der Waals surface area (Å²) in [4.78, 5) is 32.4. The normalized spacial score (nSPS) is 11.2. The summed E-state index contributed by atoms with van der Waals surface area (Å²) < 4.78 is 3.21. The van der Waals surface area contributed by atoms with Gasteiger partial charge in [0, 0.05) is 36.4 Å². The Kier molecular flexibility index (Phi) is 7.85. The lowest BCUT2D eigenvalue weighted by Gasteiger charge is -2.15. The number of nitrogens with one attached hydrogen (secondary N) is 2. The van der Waals surface area contributed by atoms with Crippen molar-refractivity contribution in [3.8, 4) is 11.3 Å². The fourth-order valence-corrected chi connectivity index (χ4v) is 5.58. The van der Waals surface area contributed by atoms with Crippen LogP contribution in [0, 0.1) is 6.92 Å². The smallest absolute Gasteiger partial charge is 0.293 e. The number of rotatable bonds is 8. The minimum Gasteiger partial charge on any atom is -0.333 e. The van der Waals surface area contributed by atoms with Crippen LogP contribution in [-0.4, -0.2) is 25.2 Å². The van der Waals surface area contributed by atoms with Crippen molar-refractivity contribution >= 4 is 46.0 Å². The quantitative estimate of drug-likeness (QED) is 0.272. The predicted octanol–water partition coefficient (Wildman–Crippen LogP) is 6.37. The molecule has 10 heteroatoms. The van der Waals surface area contributed by atoms with Crippen LogP contribution in [0.4, 0.5) is 17.2 Å². The molecular formula is C27H31ClN6O2S. The maximum Gasteiger partial charge on any atom is 0.293 e. The Bertz CT molecular complexity index is 1520. The van der Waals surface area contributed by atoms with Gasteiger partial charge in [-0.25, -0.2) is 4.98 Å². The van der Waals surface area contributed by atoms with E-state index in [0.29, 0.717) is 45.0 Å². The van der Waals surface area contributed by atoms with E-state index in [-0.39, 0.29) is 17.3 Å². The molecule has 0 saturated heterocycles. The number of carbonyl (C=O) groups excluding carboxylic acids is 1. The summed E-state index contributed by atoms with van der Waals surface area (Å²) in [5.41, 5.74) is 4.04. The molecule has 4 aromatic rings. The largest absolute Gasteiger partial charge is 0.333 e. The van der Waals surface area contributed by atoms with E-state index in [1.807, 2.05) is 32.0 Å². The van der Waals surface area contributed by atoms with Gasteiger partial charge in [-0.2, -0.15) is 5.10 Å². The Morgan fingerprint density at radius 1 is 1.22 bits per heavy atom. The summed E-state index contributed by atoms with van der Waals surface area (Å²) in [5.74, 6) is 0.304. The second-order valence-electron chi connectivity index (χ2n) is 9.17. The molecule has 2 N–H and O–H groups in total. The summed E-state index contributed by atoms with van der Waals surface area (Å²) in [6, 6.07) is 5.70. The first-order valence-corrected chi connectivity index (χ1v) is 13.4. The Morgan fingerprint density at radius 3 is 2.59 bits per heavy atom. The Hall–Kier alpha value is -3.43. The fraction of sp³-hybridized carbons (Fsp3) is 0.333. The van der Waals surface area contributed by atoms with Crippen molar-refractivity contribution in [1.29, 1.82) is 0 Å². The highest BCUT2D eigenvalue weighted by Crippen LogP contribution is 2.37. The summed E-state index contributed by atoms with van der Waals surface area (Å²) in [5, 5.41) is 10.7. The average Bonchev–Trinajstić information content (AvgIpc) is 3.51. The van der Waals surface area contributed by atoms with Crippen molar-refractivity contribution < 1.29 is 4.79 Å². The van der Waals surface area contributed by atoms with Gasteiger partial charge in [-0.05, 0) is 43.4 Å². The molecule has 0 unspecified atom stereocenters. The predicted molar refractivity (Wildman–Crippen MR) is 152 cm³/mol. The first kappa shape index (κ1) is 26.6. The SMILES string of the molecule is CCc1sc(C(=O)Nc2c(C)ccc(-c3cn(C)c(=O)c(Nc4cnn(CC)c4)n3)c2Cl)cc1C(C)C. The lowest BCUT2D eigenvalue weighted by Crippen LogP contribution is -2.21. The molecule has 0 aliphatic heterocycles. The minimum absolute atomic E-state index is 0.157. The van der Waals surface area contributed by atoms with Crippen LogP contribution in [0.15, 0.2) is 41.6 Å². The molecular weight excluding hydrogens is 508 g/mol. The van der Waals surface area contributed by atoms with Gasteiger partial charge >= 0.3 is 0 Å². The first-order chi connectivity index (χ1) is 17.6. The number of thiophene rings is 1. The molecule has 0 aliphatic carbocycles. The van der Waals surface area contributed by atoms with Crippen LogP contribution in [0.2, 0.25) is 5.02 Å². The van der Waals surface area contributed by atoms with Crippen molar-refractivity contribution in [2.45, 2.75) is 53.5 Å². The van der Waals surface area contributed by atoms with Crippen molar-refractivity contribution in [3.05, 3.63) is 73.0 Å². The highest BCUT2D eigenvalue weighted by atomic mass is 35.5. The third-order valence-corrected chi connectivity index (χ3v) is 7.85. The molecule has 3 heterocycles. The number of carbonyl (C=O) groups is 1. The standard InChI is InChI=1S/C27H31ClN6O2S/c1-7-21-19(15(3)4)11-22(37-21)26(35)32-24-16(5)9-10-18(23(24)28)20-14-33(6)27(36)25(31-20)30-17-12-29-34(8-2)13-17/h9-15H,7-8H2,1-6H3,(H,30,31)(H,32,35). The van der Waals surface area contributed by atoms with Gasteiger partial charge in [0.05, 0.1) is 33.2 Å². The lowest BCUT2D eigenvalue weighted by molar-refractivity contribution is 0.103. The van der Waals surface area contributed by atoms with E-state index in [0.717, 1.165) is 12.0 Å². The molecule has 0 bridgehead atoms. The Labute approximate surface area is 225 Å². The van der Waals surface area contributed by atoms with E-state index in [9.17, 15) is 9.59 Å². The lowest BCUT2D eigenvalue weighted by atomic mass is 10.0. The molecule has 0 atom stereocenters. The zero-order valence-corrected chi connectivity index (χ0v) is 23.4. The molecule has 3 aromatic heterocycles. The number of nitrogens with zero attached hydrogens (tertiary/aromatic N) is 4. The van der Waals surface area contributed by atoms with Crippen molar-refractivity contribution in [3.63, 3.8) is 0 Å². The first-order valence-electron chi connectivity index (χ1n) is 12.2. The summed E-state index contributed by atoms with van der Waals surface area (Å²) >= 11 is 8.37. The number of hydrogen-bond acceptors (Lipinski definition) is 6. The van der Waals surface area contributed by atoms with E-state index >= 15 is 0 Å². The van der Waals surface area contributed by atoms with Crippen LogP contribution < -0.4 is 16.2 Å². The molecule has 1 amide bonds. The van der Waals surface area contributed by atoms with Crippen LogP contribution >= 0.6 is 22.9 Å². The van der Waals surface area contributed by atoms with Gasteiger partial charge < -0.3 is 15.2 Å². The molecule has 0 saturated carbocycles. The third kappa shape index (κ3) is 5.47. The van der Waals surface area contributed by atoms with Gasteiger partial charge in [0.2, 0.25) is 0 Å². The molecule has 194 valence electrons. The highest BCUT2D eigenvalue weighted by molar-refractivity contribution is 7.14.